The minimum Gasteiger partial charge on any atom is -0.384 e. The topological polar surface area (TPSA) is 66.4 Å². The molecule has 100 valence electrons. The molecular weight excluding hydrogens is 338 g/mol. The van der Waals surface area contributed by atoms with Crippen LogP contribution in [0.4, 0.5) is 0 Å². The van der Waals surface area contributed by atoms with Gasteiger partial charge in [0.25, 0.3) is 0 Å². The van der Waals surface area contributed by atoms with Crippen molar-refractivity contribution in [1.29, 1.82) is 0 Å². The van der Waals surface area contributed by atoms with Crippen LogP contribution in [0.3, 0.4) is 0 Å². The van der Waals surface area contributed by atoms with Crippen molar-refractivity contribution in [2.75, 3.05) is 6.54 Å². The van der Waals surface area contributed by atoms with Crippen molar-refractivity contribution in [3.63, 3.8) is 0 Å². The van der Waals surface area contributed by atoms with Crippen molar-refractivity contribution in [3.05, 3.63) is 28.1 Å². The van der Waals surface area contributed by atoms with Crippen LogP contribution in [0.15, 0.2) is 32.3 Å². The molecule has 1 aliphatic carbocycles. The summed E-state index contributed by atoms with van der Waals surface area (Å²) in [5.41, 5.74) is -1.06. The molecule has 1 atom stereocenters. The second-order valence-electron chi connectivity index (χ2n) is 4.28. The van der Waals surface area contributed by atoms with E-state index < -0.39 is 15.6 Å². The molecule has 0 radical (unpaired) electrons. The Balaban J connectivity index is 2.05. The maximum Gasteiger partial charge on any atom is 0.250 e. The van der Waals surface area contributed by atoms with E-state index in [-0.39, 0.29) is 10.8 Å². The Kier molecular flexibility index (Phi) is 4.28. The van der Waals surface area contributed by atoms with E-state index in [9.17, 15) is 13.5 Å². The van der Waals surface area contributed by atoms with Crippen LogP contribution >= 0.6 is 27.3 Å². The number of thiophene rings is 1. The third kappa shape index (κ3) is 3.42. The standard InChI is InChI=1S/C11H14BrNO3S2/c12-9-4-5-10(17-9)18(15,16)13-8-11(14)6-2-1-3-7-11/h2,4-6,13-14H,1,3,7-8H2. The first-order valence-corrected chi connectivity index (χ1v) is 8.66. The maximum absolute atomic E-state index is 12.0. The molecule has 0 aromatic carbocycles. The summed E-state index contributed by atoms with van der Waals surface area (Å²) >= 11 is 4.38. The van der Waals surface area contributed by atoms with Crippen molar-refractivity contribution in [2.45, 2.75) is 29.1 Å². The van der Waals surface area contributed by atoms with Crippen molar-refractivity contribution in [1.82, 2.24) is 4.72 Å². The first-order chi connectivity index (χ1) is 8.41. The van der Waals surface area contributed by atoms with Gasteiger partial charge in [0.2, 0.25) is 10.0 Å². The van der Waals surface area contributed by atoms with Gasteiger partial charge < -0.3 is 5.11 Å². The lowest BCUT2D eigenvalue weighted by Gasteiger charge is -2.27. The summed E-state index contributed by atoms with van der Waals surface area (Å²) in [4.78, 5) is 0. The summed E-state index contributed by atoms with van der Waals surface area (Å²) < 4.78 is 27.4. The highest BCUT2D eigenvalue weighted by Crippen LogP contribution is 2.27. The highest BCUT2D eigenvalue weighted by Gasteiger charge is 2.28. The minimum atomic E-state index is -3.53. The predicted octanol–water partition coefficient (Wildman–Crippen LogP) is 2.26. The Bertz CT molecular complexity index is 552. The van der Waals surface area contributed by atoms with Crippen molar-refractivity contribution >= 4 is 37.3 Å². The number of allylic oxidation sites excluding steroid dienone is 1. The van der Waals surface area contributed by atoms with Crippen LogP contribution in [-0.2, 0) is 10.0 Å². The third-order valence-electron chi connectivity index (χ3n) is 2.79. The van der Waals surface area contributed by atoms with Crippen LogP contribution in [0.2, 0.25) is 0 Å². The molecule has 7 heteroatoms. The first kappa shape index (κ1) is 14.2. The van der Waals surface area contributed by atoms with E-state index in [1.807, 2.05) is 6.08 Å². The monoisotopic (exact) mass is 351 g/mol. The average molecular weight is 352 g/mol. The summed E-state index contributed by atoms with van der Waals surface area (Å²) in [6.45, 7) is 0.0152. The molecule has 1 aliphatic rings. The highest BCUT2D eigenvalue weighted by atomic mass is 79.9. The fraction of sp³-hybridized carbons (Fsp3) is 0.455. The van der Waals surface area contributed by atoms with Crippen LogP contribution in [0.1, 0.15) is 19.3 Å². The molecule has 2 rings (SSSR count). The normalized spacial score (nSPS) is 24.3. The number of hydrogen-bond acceptors (Lipinski definition) is 4. The van der Waals surface area contributed by atoms with E-state index >= 15 is 0 Å². The molecule has 4 nitrogen and oxygen atoms in total. The van der Waals surface area contributed by atoms with Gasteiger partial charge in [-0.15, -0.1) is 11.3 Å². The molecular formula is C11H14BrNO3S2. The molecule has 0 saturated heterocycles. The second kappa shape index (κ2) is 5.42. The predicted molar refractivity (Wildman–Crippen MR) is 75.1 cm³/mol. The lowest BCUT2D eigenvalue weighted by atomic mass is 9.91. The van der Waals surface area contributed by atoms with Crippen molar-refractivity contribution < 1.29 is 13.5 Å². The molecule has 1 aromatic rings. The van der Waals surface area contributed by atoms with Gasteiger partial charge in [-0.25, -0.2) is 13.1 Å². The number of aliphatic hydroxyl groups is 1. The molecule has 0 aliphatic heterocycles. The largest absolute Gasteiger partial charge is 0.384 e. The van der Waals surface area contributed by atoms with Gasteiger partial charge in [-0.3, -0.25) is 0 Å². The fourth-order valence-corrected chi connectivity index (χ4v) is 4.95. The molecule has 0 spiro atoms. The van der Waals surface area contributed by atoms with Crippen molar-refractivity contribution in [3.8, 4) is 0 Å². The van der Waals surface area contributed by atoms with Crippen LogP contribution in [0.5, 0.6) is 0 Å². The Morgan fingerprint density at radius 3 is 2.83 bits per heavy atom. The number of halogens is 1. The Labute approximate surface area is 119 Å². The zero-order chi connectivity index (χ0) is 13.2. The number of hydrogen-bond donors (Lipinski definition) is 2. The minimum absolute atomic E-state index is 0.0152. The number of nitrogens with one attached hydrogen (secondary N) is 1. The van der Waals surface area contributed by atoms with Gasteiger partial charge >= 0.3 is 0 Å². The van der Waals surface area contributed by atoms with Gasteiger partial charge in [0.1, 0.15) is 4.21 Å². The summed E-state index contributed by atoms with van der Waals surface area (Å²) in [5.74, 6) is 0. The van der Waals surface area contributed by atoms with Crippen LogP contribution in [0.25, 0.3) is 0 Å². The Morgan fingerprint density at radius 2 is 2.28 bits per heavy atom. The lowest BCUT2D eigenvalue weighted by Crippen LogP contribution is -2.42. The van der Waals surface area contributed by atoms with E-state index in [0.717, 1.165) is 28.0 Å². The van der Waals surface area contributed by atoms with Gasteiger partial charge in [-0.1, -0.05) is 12.2 Å². The molecule has 18 heavy (non-hydrogen) atoms. The number of sulfonamides is 1. The smallest absolute Gasteiger partial charge is 0.250 e. The quantitative estimate of drug-likeness (QED) is 0.817. The molecule has 1 heterocycles. The van der Waals surface area contributed by atoms with E-state index in [4.69, 9.17) is 0 Å². The summed E-state index contributed by atoms with van der Waals surface area (Å²) in [5, 5.41) is 10.2. The maximum atomic E-state index is 12.0. The van der Waals surface area contributed by atoms with Crippen LogP contribution < -0.4 is 4.72 Å². The summed E-state index contributed by atoms with van der Waals surface area (Å²) in [7, 11) is -3.53. The first-order valence-electron chi connectivity index (χ1n) is 5.56. The fourth-order valence-electron chi connectivity index (χ4n) is 1.79. The van der Waals surface area contributed by atoms with E-state index in [1.54, 1.807) is 12.1 Å². The average Bonchev–Trinajstić information content (AvgIpc) is 2.76. The molecule has 0 fully saturated rings. The lowest BCUT2D eigenvalue weighted by molar-refractivity contribution is 0.0797. The zero-order valence-corrected chi connectivity index (χ0v) is 12.8. The van der Waals surface area contributed by atoms with Gasteiger partial charge in [0.05, 0.1) is 9.39 Å². The van der Waals surface area contributed by atoms with Gasteiger partial charge in [0, 0.05) is 6.54 Å². The Hall–Kier alpha value is -0.210. The van der Waals surface area contributed by atoms with Gasteiger partial charge in [0.15, 0.2) is 0 Å². The Morgan fingerprint density at radius 1 is 1.50 bits per heavy atom. The van der Waals surface area contributed by atoms with E-state index in [1.165, 1.54) is 6.07 Å². The van der Waals surface area contributed by atoms with Crippen LogP contribution in [0, 0.1) is 0 Å². The molecule has 1 unspecified atom stereocenters. The highest BCUT2D eigenvalue weighted by molar-refractivity contribution is 9.11. The van der Waals surface area contributed by atoms with Crippen LogP contribution in [-0.4, -0.2) is 25.7 Å². The SMILES string of the molecule is O=S(=O)(NCC1(O)C=CCCC1)c1ccc(Br)s1. The van der Waals surface area contributed by atoms with Crippen molar-refractivity contribution in [2.24, 2.45) is 0 Å². The third-order valence-corrected chi connectivity index (χ3v) is 6.31. The number of rotatable bonds is 4. The van der Waals surface area contributed by atoms with Gasteiger partial charge in [-0.2, -0.15) is 0 Å². The molecule has 0 saturated carbocycles. The van der Waals surface area contributed by atoms with E-state index in [2.05, 4.69) is 20.7 Å². The molecule has 1 aromatic heterocycles. The van der Waals surface area contributed by atoms with Gasteiger partial charge in [-0.05, 0) is 47.3 Å². The molecule has 2 N–H and O–H groups in total. The summed E-state index contributed by atoms with van der Waals surface area (Å²) in [6.07, 6.45) is 5.97. The summed E-state index contributed by atoms with van der Waals surface area (Å²) in [6, 6.07) is 3.23. The van der Waals surface area contributed by atoms with E-state index in [0.29, 0.717) is 6.42 Å². The second-order valence-corrected chi connectivity index (χ2v) is 8.74. The zero-order valence-electron chi connectivity index (χ0n) is 9.60. The molecule has 0 amide bonds. The molecule has 0 bridgehead atoms.